The van der Waals surface area contributed by atoms with E-state index >= 15 is 0 Å². The van der Waals surface area contributed by atoms with Crippen LogP contribution in [0.1, 0.15) is 20.8 Å². The number of nitrogen functional groups attached to an aromatic ring is 1. The van der Waals surface area contributed by atoms with Gasteiger partial charge in [-0.3, -0.25) is 4.79 Å². The average molecular weight is 305 g/mol. The Kier molecular flexibility index (Phi) is 4.37. The normalized spacial score (nSPS) is 10.4. The summed E-state index contributed by atoms with van der Waals surface area (Å²) in [5, 5.41) is 0.797. The number of carbonyl (C=O) groups is 1. The maximum absolute atomic E-state index is 11.4. The molecule has 0 radical (unpaired) electrons. The Morgan fingerprint density at radius 3 is 2.71 bits per heavy atom. The summed E-state index contributed by atoms with van der Waals surface area (Å²) in [6.45, 7) is 2.74. The van der Waals surface area contributed by atoms with Crippen molar-refractivity contribution in [3.8, 4) is 5.75 Å². The van der Waals surface area contributed by atoms with Crippen LogP contribution in [0.3, 0.4) is 0 Å². The molecule has 0 fully saturated rings. The molecule has 0 aliphatic carbocycles. The molecule has 0 saturated carbocycles. The number of methoxy groups -OCH3 is 1. The summed E-state index contributed by atoms with van der Waals surface area (Å²) in [6, 6.07) is 8.25. The van der Waals surface area contributed by atoms with Crippen LogP contribution in [0.15, 0.2) is 24.3 Å². The molecule has 21 heavy (non-hydrogen) atoms. The van der Waals surface area contributed by atoms with Crippen molar-refractivity contribution < 1.29 is 9.53 Å². The van der Waals surface area contributed by atoms with Crippen molar-refractivity contribution in [3.63, 3.8) is 0 Å². The van der Waals surface area contributed by atoms with Gasteiger partial charge in [-0.1, -0.05) is 29.8 Å². The first-order valence-corrected chi connectivity index (χ1v) is 7.28. The minimum atomic E-state index is -0.536. The second kappa shape index (κ2) is 6.05. The molecule has 0 aliphatic rings. The number of nitrogens with zero attached hydrogens (tertiary/aromatic N) is 1. The number of aryl methyl sites for hydroxylation is 1. The van der Waals surface area contributed by atoms with E-state index in [9.17, 15) is 4.79 Å². The maximum Gasteiger partial charge on any atom is 0.261 e. The molecular weight excluding hydrogens is 286 g/mol. The predicted octanol–water partition coefficient (Wildman–Crippen LogP) is 2.38. The molecule has 1 amide bonds. The first kappa shape index (κ1) is 15.2. The second-order valence-electron chi connectivity index (χ2n) is 4.89. The standard InChI is InChI=1S/C15H19N3O2S/c1-9-5-4-6-10(7-9)8-18(2)15-12(20-3)11(16)13(21-15)14(17)19/h4-7H,8,16H2,1-3H3,(H2,17,19). The van der Waals surface area contributed by atoms with E-state index in [1.165, 1.54) is 29.6 Å². The third-order valence-corrected chi connectivity index (χ3v) is 4.47. The van der Waals surface area contributed by atoms with Gasteiger partial charge in [0.1, 0.15) is 15.6 Å². The Morgan fingerprint density at radius 1 is 1.43 bits per heavy atom. The Bertz CT molecular complexity index is 667. The molecule has 1 aromatic heterocycles. The molecule has 0 saturated heterocycles. The first-order valence-electron chi connectivity index (χ1n) is 6.46. The quantitative estimate of drug-likeness (QED) is 0.888. The lowest BCUT2D eigenvalue weighted by Crippen LogP contribution is -2.16. The largest absolute Gasteiger partial charge is 0.492 e. The van der Waals surface area contributed by atoms with Gasteiger partial charge < -0.3 is 21.1 Å². The zero-order valence-corrected chi connectivity index (χ0v) is 13.2. The highest BCUT2D eigenvalue weighted by Gasteiger charge is 2.22. The molecule has 0 bridgehead atoms. The number of hydrogen-bond donors (Lipinski definition) is 2. The summed E-state index contributed by atoms with van der Waals surface area (Å²) < 4.78 is 5.33. The monoisotopic (exact) mass is 305 g/mol. The molecule has 0 atom stereocenters. The highest BCUT2D eigenvalue weighted by molar-refractivity contribution is 7.19. The zero-order valence-electron chi connectivity index (χ0n) is 12.3. The van der Waals surface area contributed by atoms with Gasteiger partial charge in [-0.2, -0.15) is 0 Å². The van der Waals surface area contributed by atoms with Gasteiger partial charge in [0.2, 0.25) is 0 Å². The lowest BCUT2D eigenvalue weighted by atomic mass is 10.1. The van der Waals surface area contributed by atoms with Gasteiger partial charge >= 0.3 is 0 Å². The summed E-state index contributed by atoms with van der Waals surface area (Å²) in [5.74, 6) is -0.0324. The Morgan fingerprint density at radius 2 is 2.14 bits per heavy atom. The molecule has 0 aliphatic heterocycles. The van der Waals surface area contributed by atoms with Crippen molar-refractivity contribution in [3.05, 3.63) is 40.3 Å². The molecule has 112 valence electrons. The fourth-order valence-corrected chi connectivity index (χ4v) is 3.21. The third-order valence-electron chi connectivity index (χ3n) is 3.16. The number of anilines is 2. The summed E-state index contributed by atoms with van der Waals surface area (Å²) in [4.78, 5) is 13.7. The highest BCUT2D eigenvalue weighted by Crippen LogP contribution is 2.44. The lowest BCUT2D eigenvalue weighted by Gasteiger charge is -2.19. The SMILES string of the molecule is COc1c(N(C)Cc2cccc(C)c2)sc(C(N)=O)c1N. The molecule has 6 heteroatoms. The van der Waals surface area contributed by atoms with Crippen LogP contribution < -0.4 is 21.1 Å². The topological polar surface area (TPSA) is 81.6 Å². The average Bonchev–Trinajstić information content (AvgIpc) is 2.75. The van der Waals surface area contributed by atoms with Gasteiger partial charge in [0.25, 0.3) is 5.91 Å². The van der Waals surface area contributed by atoms with Crippen LogP contribution in [0.5, 0.6) is 5.75 Å². The Labute approximate surface area is 128 Å². The third kappa shape index (κ3) is 3.11. The van der Waals surface area contributed by atoms with Gasteiger partial charge in [0.05, 0.1) is 7.11 Å². The zero-order chi connectivity index (χ0) is 15.6. The molecule has 4 N–H and O–H groups in total. The van der Waals surface area contributed by atoms with Crippen LogP contribution in [0, 0.1) is 6.92 Å². The first-order chi connectivity index (χ1) is 9.93. The van der Waals surface area contributed by atoms with Crippen LogP contribution >= 0.6 is 11.3 Å². The van der Waals surface area contributed by atoms with E-state index in [0.717, 1.165) is 5.00 Å². The fraction of sp³-hybridized carbons (Fsp3) is 0.267. The van der Waals surface area contributed by atoms with Gasteiger partial charge in [-0.15, -0.1) is 11.3 Å². The number of primary amides is 1. The predicted molar refractivity (Wildman–Crippen MR) is 87.1 cm³/mol. The minimum Gasteiger partial charge on any atom is -0.492 e. The van der Waals surface area contributed by atoms with E-state index in [4.69, 9.17) is 16.2 Å². The molecule has 0 spiro atoms. The van der Waals surface area contributed by atoms with Crippen molar-refractivity contribution in [2.45, 2.75) is 13.5 Å². The number of carbonyl (C=O) groups excluding carboxylic acids is 1. The number of nitrogens with two attached hydrogens (primary N) is 2. The van der Waals surface area contributed by atoms with Crippen molar-refractivity contribution >= 4 is 27.9 Å². The van der Waals surface area contributed by atoms with Crippen molar-refractivity contribution in [2.75, 3.05) is 24.8 Å². The molecule has 2 aromatic rings. The second-order valence-corrected chi connectivity index (χ2v) is 5.89. The van der Waals surface area contributed by atoms with Crippen LogP contribution in [0.25, 0.3) is 0 Å². The maximum atomic E-state index is 11.4. The van der Waals surface area contributed by atoms with Crippen molar-refractivity contribution in [1.82, 2.24) is 0 Å². The van der Waals surface area contributed by atoms with Gasteiger partial charge in [0, 0.05) is 13.6 Å². The van der Waals surface area contributed by atoms with Crippen molar-refractivity contribution in [1.29, 1.82) is 0 Å². The molecule has 0 unspecified atom stereocenters. The van der Waals surface area contributed by atoms with E-state index in [1.807, 2.05) is 18.0 Å². The molecular formula is C15H19N3O2S. The molecule has 1 aromatic carbocycles. The van der Waals surface area contributed by atoms with Gasteiger partial charge in [-0.25, -0.2) is 0 Å². The molecule has 5 nitrogen and oxygen atoms in total. The van der Waals surface area contributed by atoms with E-state index in [2.05, 4.69) is 25.1 Å². The number of benzene rings is 1. The molecule has 1 heterocycles. The van der Waals surface area contributed by atoms with E-state index in [1.54, 1.807) is 0 Å². The number of rotatable bonds is 5. The Balaban J connectivity index is 2.32. The summed E-state index contributed by atoms with van der Waals surface area (Å²) in [7, 11) is 3.47. The summed E-state index contributed by atoms with van der Waals surface area (Å²) in [6.07, 6.45) is 0. The lowest BCUT2D eigenvalue weighted by molar-refractivity contribution is 0.100. The number of hydrogen-bond acceptors (Lipinski definition) is 5. The van der Waals surface area contributed by atoms with Crippen molar-refractivity contribution in [2.24, 2.45) is 5.73 Å². The van der Waals surface area contributed by atoms with E-state index in [0.29, 0.717) is 22.9 Å². The summed E-state index contributed by atoms with van der Waals surface area (Å²) >= 11 is 1.25. The minimum absolute atomic E-state index is 0.307. The van der Waals surface area contributed by atoms with Crippen LogP contribution in [-0.4, -0.2) is 20.1 Å². The number of thiophene rings is 1. The highest BCUT2D eigenvalue weighted by atomic mass is 32.1. The Hall–Kier alpha value is -2.21. The van der Waals surface area contributed by atoms with Crippen LogP contribution in [0.4, 0.5) is 10.7 Å². The fourth-order valence-electron chi connectivity index (χ4n) is 2.20. The summed E-state index contributed by atoms with van der Waals surface area (Å²) in [5.41, 5.74) is 14.0. The molecule has 2 rings (SSSR count). The number of ether oxygens (including phenoxy) is 1. The van der Waals surface area contributed by atoms with Gasteiger partial charge in [0.15, 0.2) is 5.75 Å². The van der Waals surface area contributed by atoms with Crippen LogP contribution in [-0.2, 0) is 6.54 Å². The smallest absolute Gasteiger partial charge is 0.261 e. The van der Waals surface area contributed by atoms with Crippen LogP contribution in [0.2, 0.25) is 0 Å². The van der Waals surface area contributed by atoms with Gasteiger partial charge in [-0.05, 0) is 12.5 Å². The number of amides is 1. The van der Waals surface area contributed by atoms with E-state index in [-0.39, 0.29) is 0 Å². The van der Waals surface area contributed by atoms with E-state index < -0.39 is 5.91 Å².